The minimum Gasteiger partial charge on any atom is -0.508 e. The van der Waals surface area contributed by atoms with E-state index in [1.54, 1.807) is 0 Å². The van der Waals surface area contributed by atoms with Gasteiger partial charge in [0.15, 0.2) is 11.5 Å². The highest BCUT2D eigenvalue weighted by Gasteiger charge is 2.07. The van der Waals surface area contributed by atoms with Crippen molar-refractivity contribution in [3.05, 3.63) is 23.8 Å². The normalized spacial score (nSPS) is 10.9. The molecule has 2 N–H and O–H groups in total. The zero-order valence-corrected chi connectivity index (χ0v) is 10.4. The molecule has 1 rings (SSSR count). The summed E-state index contributed by atoms with van der Waals surface area (Å²) < 4.78 is 4.97. The van der Waals surface area contributed by atoms with Gasteiger partial charge >= 0.3 is 0 Å². The fourth-order valence-electron chi connectivity index (χ4n) is 1.62. The quantitative estimate of drug-likeness (QED) is 0.585. The molecule has 1 aromatic carbocycles. The molecular weight excluding hydrogens is 216 g/mol. The van der Waals surface area contributed by atoms with Gasteiger partial charge in [0.05, 0.1) is 7.11 Å². The van der Waals surface area contributed by atoms with Gasteiger partial charge in [0, 0.05) is 11.6 Å². The van der Waals surface area contributed by atoms with Crippen LogP contribution in [-0.2, 0) is 0 Å². The smallest absolute Gasteiger partial charge is 0.165 e. The van der Waals surface area contributed by atoms with Gasteiger partial charge < -0.3 is 14.9 Å². The number of aromatic hydroxyl groups is 2. The van der Waals surface area contributed by atoms with Gasteiger partial charge in [-0.1, -0.05) is 31.9 Å². The third-order valence-electron chi connectivity index (χ3n) is 2.58. The monoisotopic (exact) mass is 236 g/mol. The second-order valence-electron chi connectivity index (χ2n) is 3.98. The number of allylic oxidation sites excluding steroid dienone is 1. The van der Waals surface area contributed by atoms with Crippen molar-refractivity contribution in [1.82, 2.24) is 0 Å². The van der Waals surface area contributed by atoms with E-state index in [0.717, 1.165) is 12.8 Å². The Morgan fingerprint density at radius 2 is 2.00 bits per heavy atom. The van der Waals surface area contributed by atoms with Gasteiger partial charge in [0.25, 0.3) is 0 Å². The summed E-state index contributed by atoms with van der Waals surface area (Å²) in [7, 11) is 1.46. The van der Waals surface area contributed by atoms with E-state index in [-0.39, 0.29) is 11.5 Å². The van der Waals surface area contributed by atoms with Gasteiger partial charge in [-0.2, -0.15) is 0 Å². The molecule has 0 aliphatic carbocycles. The van der Waals surface area contributed by atoms with Crippen molar-refractivity contribution in [3.8, 4) is 17.2 Å². The van der Waals surface area contributed by atoms with Crippen LogP contribution in [0, 0.1) is 0 Å². The van der Waals surface area contributed by atoms with Crippen LogP contribution in [0.5, 0.6) is 17.2 Å². The number of hydrogen-bond donors (Lipinski definition) is 2. The van der Waals surface area contributed by atoms with Crippen LogP contribution in [0.4, 0.5) is 0 Å². The summed E-state index contributed by atoms with van der Waals surface area (Å²) in [6.45, 7) is 2.16. The van der Waals surface area contributed by atoms with E-state index in [4.69, 9.17) is 4.74 Å². The van der Waals surface area contributed by atoms with Crippen LogP contribution in [0.25, 0.3) is 6.08 Å². The Labute approximate surface area is 102 Å². The SMILES string of the molecule is CCCCCC=Cc1cc(O)cc(OC)c1O. The van der Waals surface area contributed by atoms with Crippen LogP contribution in [0.15, 0.2) is 18.2 Å². The second-order valence-corrected chi connectivity index (χ2v) is 3.98. The summed E-state index contributed by atoms with van der Waals surface area (Å²) in [5.41, 5.74) is 0.582. The zero-order chi connectivity index (χ0) is 12.7. The largest absolute Gasteiger partial charge is 0.508 e. The standard InChI is InChI=1S/C14H20O3/c1-3-4-5-6-7-8-11-9-12(15)10-13(17-2)14(11)16/h7-10,15-16H,3-6H2,1-2H3. The van der Waals surface area contributed by atoms with Gasteiger partial charge in [-0.05, 0) is 18.9 Å². The lowest BCUT2D eigenvalue weighted by Gasteiger charge is -2.06. The molecule has 0 saturated carbocycles. The summed E-state index contributed by atoms with van der Waals surface area (Å²) in [6.07, 6.45) is 8.34. The molecule has 0 aromatic heterocycles. The molecule has 3 heteroatoms. The molecule has 0 amide bonds. The minimum atomic E-state index is 0.0667. The van der Waals surface area contributed by atoms with Crippen LogP contribution in [0.2, 0.25) is 0 Å². The molecule has 0 unspecified atom stereocenters. The van der Waals surface area contributed by atoms with E-state index in [1.165, 1.54) is 32.1 Å². The zero-order valence-electron chi connectivity index (χ0n) is 10.4. The van der Waals surface area contributed by atoms with Crippen LogP contribution in [0.1, 0.15) is 38.2 Å². The Hall–Kier alpha value is -1.64. The average molecular weight is 236 g/mol. The summed E-state index contributed by atoms with van der Waals surface area (Å²) in [4.78, 5) is 0. The summed E-state index contributed by atoms with van der Waals surface area (Å²) in [5.74, 6) is 0.447. The van der Waals surface area contributed by atoms with Crippen molar-refractivity contribution in [3.63, 3.8) is 0 Å². The number of ether oxygens (including phenoxy) is 1. The molecule has 0 fully saturated rings. The first-order valence-corrected chi connectivity index (χ1v) is 5.95. The van der Waals surface area contributed by atoms with Gasteiger partial charge in [0.1, 0.15) is 5.75 Å². The molecule has 94 valence electrons. The average Bonchev–Trinajstić information content (AvgIpc) is 2.32. The van der Waals surface area contributed by atoms with Crippen LogP contribution in [0.3, 0.4) is 0 Å². The molecule has 0 bridgehead atoms. The molecule has 0 radical (unpaired) electrons. The summed E-state index contributed by atoms with van der Waals surface area (Å²) in [5, 5.41) is 19.3. The number of phenolic OH excluding ortho intramolecular Hbond substituents is 2. The number of unbranched alkanes of at least 4 members (excludes halogenated alkanes) is 3. The Morgan fingerprint density at radius 3 is 2.65 bits per heavy atom. The Bertz CT molecular complexity index is 383. The lowest BCUT2D eigenvalue weighted by Crippen LogP contribution is -1.85. The molecule has 0 spiro atoms. The van der Waals surface area contributed by atoms with Crippen molar-refractivity contribution in [1.29, 1.82) is 0 Å². The third kappa shape index (κ3) is 4.02. The molecule has 0 saturated heterocycles. The molecule has 3 nitrogen and oxygen atoms in total. The molecule has 0 aliphatic heterocycles. The van der Waals surface area contributed by atoms with Gasteiger partial charge in [-0.3, -0.25) is 0 Å². The topological polar surface area (TPSA) is 49.7 Å². The maximum absolute atomic E-state index is 9.83. The lowest BCUT2D eigenvalue weighted by atomic mass is 10.1. The van der Waals surface area contributed by atoms with Crippen molar-refractivity contribution in [2.24, 2.45) is 0 Å². The van der Waals surface area contributed by atoms with Crippen molar-refractivity contribution in [2.75, 3.05) is 7.11 Å². The Kier molecular flexibility index (Phi) is 5.40. The molecule has 17 heavy (non-hydrogen) atoms. The maximum atomic E-state index is 9.83. The maximum Gasteiger partial charge on any atom is 0.165 e. The highest BCUT2D eigenvalue weighted by atomic mass is 16.5. The number of methoxy groups -OCH3 is 1. The Morgan fingerprint density at radius 1 is 1.24 bits per heavy atom. The lowest BCUT2D eigenvalue weighted by molar-refractivity contribution is 0.368. The van der Waals surface area contributed by atoms with Gasteiger partial charge in [-0.15, -0.1) is 0 Å². The van der Waals surface area contributed by atoms with E-state index < -0.39 is 0 Å². The number of hydrogen-bond acceptors (Lipinski definition) is 3. The van der Waals surface area contributed by atoms with E-state index in [2.05, 4.69) is 6.92 Å². The summed E-state index contributed by atoms with van der Waals surface area (Å²) in [6, 6.07) is 2.91. The van der Waals surface area contributed by atoms with E-state index in [9.17, 15) is 10.2 Å². The van der Waals surface area contributed by atoms with Gasteiger partial charge in [0.2, 0.25) is 0 Å². The number of benzene rings is 1. The predicted molar refractivity (Wildman–Crippen MR) is 69.5 cm³/mol. The predicted octanol–water partition coefficient (Wildman–Crippen LogP) is 3.70. The van der Waals surface area contributed by atoms with Crippen molar-refractivity contribution >= 4 is 6.08 Å². The first-order chi connectivity index (χ1) is 8.19. The van der Waals surface area contributed by atoms with E-state index in [0.29, 0.717) is 11.3 Å². The highest BCUT2D eigenvalue weighted by Crippen LogP contribution is 2.34. The fraction of sp³-hybridized carbons (Fsp3) is 0.429. The molecular formula is C14H20O3. The van der Waals surface area contributed by atoms with Crippen molar-refractivity contribution < 1.29 is 14.9 Å². The van der Waals surface area contributed by atoms with E-state index in [1.807, 2.05) is 12.2 Å². The van der Waals surface area contributed by atoms with Crippen LogP contribution < -0.4 is 4.74 Å². The fourth-order valence-corrected chi connectivity index (χ4v) is 1.62. The minimum absolute atomic E-state index is 0.0667. The second kappa shape index (κ2) is 6.84. The highest BCUT2D eigenvalue weighted by molar-refractivity contribution is 5.64. The molecule has 1 aromatic rings. The van der Waals surface area contributed by atoms with Crippen molar-refractivity contribution in [2.45, 2.75) is 32.6 Å². The van der Waals surface area contributed by atoms with E-state index >= 15 is 0 Å². The molecule has 0 heterocycles. The van der Waals surface area contributed by atoms with Crippen LogP contribution >= 0.6 is 0 Å². The molecule has 0 aliphatic rings. The van der Waals surface area contributed by atoms with Gasteiger partial charge in [-0.25, -0.2) is 0 Å². The van der Waals surface area contributed by atoms with Crippen LogP contribution in [-0.4, -0.2) is 17.3 Å². The number of phenols is 2. The summed E-state index contributed by atoms with van der Waals surface area (Å²) >= 11 is 0. The number of rotatable bonds is 6. The first-order valence-electron chi connectivity index (χ1n) is 5.95. The third-order valence-corrected chi connectivity index (χ3v) is 2.58. The first kappa shape index (κ1) is 13.4. The Balaban J connectivity index is 2.73. The molecule has 0 atom stereocenters.